The van der Waals surface area contributed by atoms with E-state index in [0.29, 0.717) is 22.2 Å². The quantitative estimate of drug-likeness (QED) is 0.803. The van der Waals surface area contributed by atoms with E-state index in [4.69, 9.17) is 33.0 Å². The van der Waals surface area contributed by atoms with Gasteiger partial charge in [0.1, 0.15) is 5.75 Å². The zero-order valence-corrected chi connectivity index (χ0v) is 13.2. The molecule has 7 heteroatoms. The van der Waals surface area contributed by atoms with Crippen LogP contribution in [0, 0.1) is 0 Å². The smallest absolute Gasteiger partial charge is 0.303 e. The lowest BCUT2D eigenvalue weighted by Crippen LogP contribution is -2.41. The molecule has 0 fully saturated rings. The Morgan fingerprint density at radius 1 is 1.24 bits per heavy atom. The third kappa shape index (κ3) is 6.69. The molecule has 116 valence electrons. The minimum Gasteiger partial charge on any atom is -0.481 e. The van der Waals surface area contributed by atoms with Crippen LogP contribution in [0.3, 0.4) is 0 Å². The summed E-state index contributed by atoms with van der Waals surface area (Å²) in [7, 11) is 0. The average Bonchev–Trinajstić information content (AvgIpc) is 2.34. The van der Waals surface area contributed by atoms with Gasteiger partial charge >= 0.3 is 5.97 Å². The first-order valence-corrected chi connectivity index (χ1v) is 7.18. The fraction of sp³-hybridized carbons (Fsp3) is 0.429. The first-order valence-electron chi connectivity index (χ1n) is 6.43. The Hall–Kier alpha value is -1.46. The van der Waals surface area contributed by atoms with Crippen molar-refractivity contribution in [1.82, 2.24) is 5.32 Å². The van der Waals surface area contributed by atoms with Crippen LogP contribution in [0.15, 0.2) is 18.2 Å². The summed E-state index contributed by atoms with van der Waals surface area (Å²) in [6, 6.07) is 4.44. The molecule has 0 aliphatic rings. The molecule has 0 saturated carbocycles. The van der Waals surface area contributed by atoms with Gasteiger partial charge in [-0.1, -0.05) is 23.2 Å². The van der Waals surface area contributed by atoms with Gasteiger partial charge in [0, 0.05) is 22.5 Å². The molecular weight excluding hydrogens is 317 g/mol. The molecule has 0 aliphatic heterocycles. The fourth-order valence-corrected chi connectivity index (χ4v) is 2.13. The molecule has 0 bridgehead atoms. The Kier molecular flexibility index (Phi) is 6.78. The summed E-state index contributed by atoms with van der Waals surface area (Å²) in [5, 5.41) is 12.1. The van der Waals surface area contributed by atoms with E-state index in [9.17, 15) is 9.59 Å². The summed E-state index contributed by atoms with van der Waals surface area (Å²) in [5.41, 5.74) is 0. The standard InChI is InChI=1S/C14H17Cl2NO4/c1-8(3-4-13(18)19)17-14(20)9(2)21-12-6-10(15)5-11(16)7-12/h5-9H,3-4H2,1-2H3,(H,17,20)(H,18,19). The second-order valence-corrected chi connectivity index (χ2v) is 5.58. The molecule has 1 amide bonds. The third-order valence-corrected chi connectivity index (χ3v) is 3.13. The van der Waals surface area contributed by atoms with Gasteiger partial charge in [0.25, 0.3) is 5.91 Å². The lowest BCUT2D eigenvalue weighted by Gasteiger charge is -2.18. The third-order valence-electron chi connectivity index (χ3n) is 2.70. The summed E-state index contributed by atoms with van der Waals surface area (Å²) in [6.07, 6.45) is -0.385. The molecule has 0 aromatic heterocycles. The SMILES string of the molecule is CC(CCC(=O)O)NC(=O)C(C)Oc1cc(Cl)cc(Cl)c1. The van der Waals surface area contributed by atoms with Gasteiger partial charge in [-0.05, 0) is 38.5 Å². The lowest BCUT2D eigenvalue weighted by atomic mass is 10.2. The minimum atomic E-state index is -0.894. The molecular formula is C14H17Cl2NO4. The van der Waals surface area contributed by atoms with Crippen molar-refractivity contribution in [1.29, 1.82) is 0 Å². The molecule has 0 radical (unpaired) electrons. The average molecular weight is 334 g/mol. The molecule has 0 aliphatic carbocycles. The molecule has 21 heavy (non-hydrogen) atoms. The zero-order valence-electron chi connectivity index (χ0n) is 11.7. The van der Waals surface area contributed by atoms with Gasteiger partial charge < -0.3 is 15.2 Å². The number of nitrogens with one attached hydrogen (secondary N) is 1. The zero-order chi connectivity index (χ0) is 16.0. The Morgan fingerprint density at radius 3 is 2.33 bits per heavy atom. The number of halogens is 2. The maximum absolute atomic E-state index is 11.9. The van der Waals surface area contributed by atoms with E-state index in [0.717, 1.165) is 0 Å². The van der Waals surface area contributed by atoms with Crippen molar-refractivity contribution in [3.05, 3.63) is 28.2 Å². The number of carbonyl (C=O) groups is 2. The predicted octanol–water partition coefficient (Wildman–Crippen LogP) is 3.13. The van der Waals surface area contributed by atoms with Gasteiger partial charge in [-0.25, -0.2) is 0 Å². The first-order chi connectivity index (χ1) is 9.77. The van der Waals surface area contributed by atoms with Crippen LogP contribution in [-0.2, 0) is 9.59 Å². The second-order valence-electron chi connectivity index (χ2n) is 4.71. The number of benzene rings is 1. The van der Waals surface area contributed by atoms with E-state index in [2.05, 4.69) is 5.32 Å². The van der Waals surface area contributed by atoms with Crippen LogP contribution < -0.4 is 10.1 Å². The highest BCUT2D eigenvalue weighted by molar-refractivity contribution is 6.34. The number of aliphatic carboxylic acids is 1. The van der Waals surface area contributed by atoms with E-state index in [1.165, 1.54) is 0 Å². The van der Waals surface area contributed by atoms with Crippen molar-refractivity contribution in [3.63, 3.8) is 0 Å². The molecule has 2 atom stereocenters. The van der Waals surface area contributed by atoms with Crippen molar-refractivity contribution in [2.75, 3.05) is 0 Å². The first kappa shape index (κ1) is 17.6. The summed E-state index contributed by atoms with van der Waals surface area (Å²) in [5.74, 6) is -0.828. The van der Waals surface area contributed by atoms with E-state index in [1.54, 1.807) is 32.0 Å². The van der Waals surface area contributed by atoms with Crippen LogP contribution in [0.2, 0.25) is 10.0 Å². The van der Waals surface area contributed by atoms with Crippen LogP contribution in [0.25, 0.3) is 0 Å². The molecule has 0 spiro atoms. The maximum atomic E-state index is 11.9. The van der Waals surface area contributed by atoms with Crippen LogP contribution in [0.4, 0.5) is 0 Å². The molecule has 1 aromatic rings. The van der Waals surface area contributed by atoms with Crippen LogP contribution in [-0.4, -0.2) is 29.1 Å². The summed E-state index contributed by atoms with van der Waals surface area (Å²) in [6.45, 7) is 3.33. The van der Waals surface area contributed by atoms with Crippen molar-refractivity contribution < 1.29 is 19.4 Å². The second kappa shape index (κ2) is 8.10. The number of rotatable bonds is 7. The van der Waals surface area contributed by atoms with Crippen LogP contribution >= 0.6 is 23.2 Å². The van der Waals surface area contributed by atoms with Gasteiger partial charge in [-0.2, -0.15) is 0 Å². The van der Waals surface area contributed by atoms with Gasteiger partial charge in [-0.3, -0.25) is 9.59 Å². The number of hydrogen-bond donors (Lipinski definition) is 2. The monoisotopic (exact) mass is 333 g/mol. The number of carbonyl (C=O) groups excluding carboxylic acids is 1. The minimum absolute atomic E-state index is 0.000581. The van der Waals surface area contributed by atoms with Gasteiger partial charge in [0.15, 0.2) is 6.10 Å². The predicted molar refractivity (Wildman–Crippen MR) is 81.0 cm³/mol. The Balaban J connectivity index is 2.52. The van der Waals surface area contributed by atoms with E-state index < -0.39 is 12.1 Å². The number of amides is 1. The highest BCUT2D eigenvalue weighted by Crippen LogP contribution is 2.24. The summed E-state index contributed by atoms with van der Waals surface area (Å²) in [4.78, 5) is 22.4. The Labute approximate surface area is 133 Å². The van der Waals surface area contributed by atoms with E-state index in [1.807, 2.05) is 0 Å². The molecule has 2 unspecified atom stereocenters. The largest absolute Gasteiger partial charge is 0.481 e. The molecule has 0 heterocycles. The molecule has 1 rings (SSSR count). The van der Waals surface area contributed by atoms with Gasteiger partial charge in [-0.15, -0.1) is 0 Å². The summed E-state index contributed by atoms with van der Waals surface area (Å²) >= 11 is 11.7. The maximum Gasteiger partial charge on any atom is 0.303 e. The van der Waals surface area contributed by atoms with E-state index >= 15 is 0 Å². The fourth-order valence-electron chi connectivity index (χ4n) is 1.63. The van der Waals surface area contributed by atoms with Crippen molar-refractivity contribution in [2.24, 2.45) is 0 Å². The van der Waals surface area contributed by atoms with Gasteiger partial charge in [0.2, 0.25) is 0 Å². The lowest BCUT2D eigenvalue weighted by molar-refractivity contribution is -0.137. The number of carboxylic acid groups (broad SMARTS) is 1. The molecule has 2 N–H and O–H groups in total. The normalized spacial score (nSPS) is 13.3. The Morgan fingerprint density at radius 2 is 1.81 bits per heavy atom. The highest BCUT2D eigenvalue weighted by Gasteiger charge is 2.17. The topological polar surface area (TPSA) is 75.6 Å². The van der Waals surface area contributed by atoms with Crippen LogP contribution in [0.1, 0.15) is 26.7 Å². The van der Waals surface area contributed by atoms with Crippen molar-refractivity contribution >= 4 is 35.1 Å². The van der Waals surface area contributed by atoms with Gasteiger partial charge in [0.05, 0.1) is 0 Å². The van der Waals surface area contributed by atoms with Crippen molar-refractivity contribution in [2.45, 2.75) is 38.8 Å². The number of ether oxygens (including phenoxy) is 1. The summed E-state index contributed by atoms with van der Waals surface area (Å²) < 4.78 is 5.47. The molecule has 5 nitrogen and oxygen atoms in total. The highest BCUT2D eigenvalue weighted by atomic mass is 35.5. The molecule has 1 aromatic carbocycles. The van der Waals surface area contributed by atoms with Crippen LogP contribution in [0.5, 0.6) is 5.75 Å². The molecule has 0 saturated heterocycles. The van der Waals surface area contributed by atoms with Crippen molar-refractivity contribution in [3.8, 4) is 5.75 Å². The Bertz CT molecular complexity index is 501. The number of hydrogen-bond acceptors (Lipinski definition) is 3. The van der Waals surface area contributed by atoms with E-state index in [-0.39, 0.29) is 18.4 Å². The number of carboxylic acids is 1.